The summed E-state index contributed by atoms with van der Waals surface area (Å²) in [7, 11) is 0. The van der Waals surface area contributed by atoms with Crippen LogP contribution in [0.15, 0.2) is 23.2 Å². The number of hydrogen-bond acceptors (Lipinski definition) is 4. The van der Waals surface area contributed by atoms with Gasteiger partial charge in [0.05, 0.1) is 11.2 Å². The van der Waals surface area contributed by atoms with Crippen LogP contribution in [0.2, 0.25) is 0 Å². The molecule has 0 saturated heterocycles. The van der Waals surface area contributed by atoms with Gasteiger partial charge in [0.15, 0.2) is 10.0 Å². The zero-order valence-electron chi connectivity index (χ0n) is 11.2. The molecule has 1 amide bonds. The highest BCUT2D eigenvalue weighted by Gasteiger charge is 2.30. The number of alkyl halides is 2. The number of anilines is 1. The fourth-order valence-corrected chi connectivity index (χ4v) is 3.12. The molecule has 0 saturated carbocycles. The predicted molar refractivity (Wildman–Crippen MR) is 86.6 cm³/mol. The van der Waals surface area contributed by atoms with Gasteiger partial charge in [-0.05, 0) is 31.0 Å². The monoisotopic (exact) mass is 349 g/mol. The van der Waals surface area contributed by atoms with Crippen LogP contribution in [0.4, 0.5) is 10.1 Å². The quantitative estimate of drug-likeness (QED) is 0.823. The molecule has 4 nitrogen and oxygen atoms in total. The molecule has 1 atom stereocenters. The molecule has 114 valence electrons. The van der Waals surface area contributed by atoms with Gasteiger partial charge in [-0.2, -0.15) is 0 Å². The second-order valence-electron chi connectivity index (χ2n) is 4.81. The summed E-state index contributed by atoms with van der Waals surface area (Å²) < 4.78 is 13.8. The van der Waals surface area contributed by atoms with E-state index in [2.05, 4.69) is 10.3 Å². The maximum Gasteiger partial charge on any atom is 0.257 e. The lowest BCUT2D eigenvalue weighted by atomic mass is 9.89. The van der Waals surface area contributed by atoms with E-state index in [0.717, 1.165) is 17.7 Å². The molecule has 1 heterocycles. The van der Waals surface area contributed by atoms with Crippen LogP contribution < -0.4 is 11.1 Å². The second-order valence-corrected chi connectivity index (χ2v) is 7.02. The summed E-state index contributed by atoms with van der Waals surface area (Å²) in [5.74, 6) is -0.412. The van der Waals surface area contributed by atoms with Crippen LogP contribution >= 0.6 is 35.0 Å². The van der Waals surface area contributed by atoms with Crippen molar-refractivity contribution in [1.82, 2.24) is 0 Å². The normalized spacial score (nSPS) is 22.0. The fourth-order valence-electron chi connectivity index (χ4n) is 2.04. The molecule has 1 unspecified atom stereocenters. The minimum Gasteiger partial charge on any atom is -0.379 e. The van der Waals surface area contributed by atoms with Gasteiger partial charge < -0.3 is 11.1 Å². The highest BCUT2D eigenvalue weighted by molar-refractivity contribution is 8.13. The molecule has 0 bridgehead atoms. The van der Waals surface area contributed by atoms with Crippen LogP contribution in [0.5, 0.6) is 0 Å². The average molecular weight is 350 g/mol. The van der Waals surface area contributed by atoms with E-state index in [1.54, 1.807) is 6.07 Å². The number of rotatable bonds is 3. The molecule has 0 aliphatic carbocycles. The van der Waals surface area contributed by atoms with Crippen LogP contribution in [0, 0.1) is 5.82 Å². The SMILES string of the molecule is CC1(c2ccc(F)c(NC(=O)C(Cl)Cl)c2)CCSC(N)=N1. The molecule has 0 fully saturated rings. The number of benzene rings is 1. The Balaban J connectivity index is 2.34. The zero-order valence-corrected chi connectivity index (χ0v) is 13.5. The molecule has 1 aliphatic rings. The van der Waals surface area contributed by atoms with E-state index < -0.39 is 22.1 Å². The molecular formula is C13H14Cl2FN3OS. The molecule has 1 aromatic carbocycles. The van der Waals surface area contributed by atoms with Gasteiger partial charge in [0.25, 0.3) is 5.91 Å². The maximum atomic E-state index is 13.8. The van der Waals surface area contributed by atoms with Gasteiger partial charge in [-0.25, -0.2) is 4.39 Å². The number of aliphatic imine (C=N–C) groups is 1. The molecule has 2 rings (SSSR count). The summed E-state index contributed by atoms with van der Waals surface area (Å²) in [6.45, 7) is 1.92. The molecule has 0 aromatic heterocycles. The zero-order chi connectivity index (χ0) is 15.6. The Hall–Kier alpha value is -0.980. The highest BCUT2D eigenvalue weighted by Crippen LogP contribution is 2.36. The summed E-state index contributed by atoms with van der Waals surface area (Å²) in [5, 5.41) is 2.86. The van der Waals surface area contributed by atoms with E-state index in [0.29, 0.717) is 5.17 Å². The Morgan fingerprint density at radius 1 is 1.57 bits per heavy atom. The third kappa shape index (κ3) is 3.81. The van der Waals surface area contributed by atoms with Crippen molar-refractivity contribution in [2.75, 3.05) is 11.1 Å². The lowest BCUT2D eigenvalue weighted by Gasteiger charge is -2.30. The van der Waals surface area contributed by atoms with Crippen molar-refractivity contribution in [3.63, 3.8) is 0 Å². The fraction of sp³-hybridized carbons (Fsp3) is 0.385. The van der Waals surface area contributed by atoms with Crippen molar-refractivity contribution in [1.29, 1.82) is 0 Å². The van der Waals surface area contributed by atoms with E-state index >= 15 is 0 Å². The first-order valence-corrected chi connectivity index (χ1v) is 8.05. The van der Waals surface area contributed by atoms with Gasteiger partial charge in [-0.1, -0.05) is 41.0 Å². The van der Waals surface area contributed by atoms with Crippen molar-refractivity contribution < 1.29 is 9.18 Å². The summed E-state index contributed by atoms with van der Waals surface area (Å²) in [5.41, 5.74) is 6.02. The number of carbonyl (C=O) groups is 1. The number of nitrogens with two attached hydrogens (primary N) is 1. The van der Waals surface area contributed by atoms with Crippen LogP contribution in [-0.2, 0) is 10.3 Å². The van der Waals surface area contributed by atoms with Gasteiger partial charge in [0.1, 0.15) is 5.82 Å². The molecule has 0 radical (unpaired) electrons. The minimum atomic E-state index is -1.26. The van der Waals surface area contributed by atoms with E-state index in [9.17, 15) is 9.18 Å². The predicted octanol–water partition coefficient (Wildman–Crippen LogP) is 3.23. The molecule has 0 spiro atoms. The number of carbonyl (C=O) groups excluding carboxylic acids is 1. The number of amidine groups is 1. The number of nitrogens with zero attached hydrogens (tertiary/aromatic N) is 1. The Morgan fingerprint density at radius 2 is 2.29 bits per heavy atom. The highest BCUT2D eigenvalue weighted by atomic mass is 35.5. The summed E-state index contributed by atoms with van der Waals surface area (Å²) in [6, 6.07) is 4.45. The second kappa shape index (κ2) is 6.42. The first kappa shape index (κ1) is 16.4. The Labute approximate surface area is 136 Å². The maximum absolute atomic E-state index is 13.8. The van der Waals surface area contributed by atoms with Crippen molar-refractivity contribution in [2.45, 2.75) is 23.7 Å². The first-order chi connectivity index (χ1) is 9.82. The van der Waals surface area contributed by atoms with Gasteiger partial charge in [0, 0.05) is 5.75 Å². The van der Waals surface area contributed by atoms with Crippen LogP contribution in [0.1, 0.15) is 18.9 Å². The van der Waals surface area contributed by atoms with Crippen molar-refractivity contribution in [3.05, 3.63) is 29.6 Å². The van der Waals surface area contributed by atoms with Crippen molar-refractivity contribution in [2.24, 2.45) is 10.7 Å². The number of halogens is 3. The molecule has 8 heteroatoms. The number of amides is 1. The van der Waals surface area contributed by atoms with Gasteiger partial charge in [0.2, 0.25) is 0 Å². The first-order valence-electron chi connectivity index (χ1n) is 6.19. The lowest BCUT2D eigenvalue weighted by Crippen LogP contribution is -2.29. The molecule has 3 N–H and O–H groups in total. The summed E-state index contributed by atoms with van der Waals surface area (Å²) in [4.78, 5) is 14.7. The third-order valence-electron chi connectivity index (χ3n) is 3.24. The van der Waals surface area contributed by atoms with E-state index in [-0.39, 0.29) is 5.69 Å². The Morgan fingerprint density at radius 3 is 2.90 bits per heavy atom. The molecule has 1 aromatic rings. The summed E-state index contributed by atoms with van der Waals surface area (Å²) in [6.07, 6.45) is 0.769. The topological polar surface area (TPSA) is 67.5 Å². The summed E-state index contributed by atoms with van der Waals surface area (Å²) >= 11 is 12.4. The number of hydrogen-bond donors (Lipinski definition) is 2. The Kier molecular flexibility index (Phi) is 5.01. The van der Waals surface area contributed by atoms with Gasteiger partial charge in [-0.15, -0.1) is 0 Å². The molecular weight excluding hydrogens is 336 g/mol. The largest absolute Gasteiger partial charge is 0.379 e. The standard InChI is InChI=1S/C13H14Cl2FN3OS/c1-13(4-5-21-12(17)19-13)7-2-3-8(16)9(6-7)18-11(20)10(14)15/h2-3,6,10H,4-5H2,1H3,(H2,17,19)(H,18,20). The third-order valence-corrected chi connectivity index (χ3v) is 4.43. The van der Waals surface area contributed by atoms with Crippen LogP contribution in [0.3, 0.4) is 0 Å². The lowest BCUT2D eigenvalue weighted by molar-refractivity contribution is -0.114. The van der Waals surface area contributed by atoms with Crippen LogP contribution in [0.25, 0.3) is 0 Å². The number of thioether (sulfide) groups is 1. The average Bonchev–Trinajstić information content (AvgIpc) is 2.40. The minimum absolute atomic E-state index is 0.0250. The Bertz CT molecular complexity index is 597. The van der Waals surface area contributed by atoms with Crippen molar-refractivity contribution in [3.8, 4) is 0 Å². The number of nitrogens with one attached hydrogen (secondary N) is 1. The molecule has 1 aliphatic heterocycles. The van der Waals surface area contributed by atoms with E-state index in [4.69, 9.17) is 28.9 Å². The van der Waals surface area contributed by atoms with E-state index in [1.807, 2.05) is 6.92 Å². The smallest absolute Gasteiger partial charge is 0.257 e. The van der Waals surface area contributed by atoms with Gasteiger partial charge in [-0.3, -0.25) is 9.79 Å². The van der Waals surface area contributed by atoms with Crippen LogP contribution in [-0.4, -0.2) is 21.7 Å². The van der Waals surface area contributed by atoms with Crippen molar-refractivity contribution >= 4 is 51.7 Å². The van der Waals surface area contributed by atoms with Gasteiger partial charge >= 0.3 is 0 Å². The molecule has 21 heavy (non-hydrogen) atoms. The van der Waals surface area contributed by atoms with E-state index in [1.165, 1.54) is 23.9 Å².